The van der Waals surface area contributed by atoms with Crippen LogP contribution < -0.4 is 0 Å². The van der Waals surface area contributed by atoms with Crippen molar-refractivity contribution in [3.8, 4) is 22.3 Å². The average molecular weight is 615 g/mol. The van der Waals surface area contributed by atoms with Crippen molar-refractivity contribution in [2.24, 2.45) is 0 Å². The van der Waals surface area contributed by atoms with Crippen LogP contribution in [0.2, 0.25) is 0 Å². The van der Waals surface area contributed by atoms with Crippen molar-refractivity contribution in [3.05, 3.63) is 165 Å². The predicted octanol–water partition coefficient (Wildman–Crippen LogP) is 10.8. The van der Waals surface area contributed by atoms with E-state index >= 15 is 0 Å². The van der Waals surface area contributed by atoms with Crippen LogP contribution in [0.1, 0.15) is 36.1 Å². The van der Waals surface area contributed by atoms with Gasteiger partial charge in [-0.15, -0.1) is 0 Å². The Hall–Kier alpha value is -3.69. The largest absolute Gasteiger partial charge is 0.0942 e. The van der Waals surface area contributed by atoms with Crippen LogP contribution in [0.4, 0.5) is 0 Å². The molecular formula is C38H31I. The first-order valence-electron chi connectivity index (χ1n) is 13.5. The Labute approximate surface area is 245 Å². The molecule has 0 aliphatic heterocycles. The zero-order chi connectivity index (χ0) is 27.1. The molecule has 1 unspecified atom stereocenters. The van der Waals surface area contributed by atoms with Gasteiger partial charge in [-0.2, -0.15) is 0 Å². The highest BCUT2D eigenvalue weighted by molar-refractivity contribution is 14.1. The number of rotatable bonds is 5. The average Bonchev–Trinajstić information content (AvgIpc) is 3.28. The van der Waals surface area contributed by atoms with E-state index in [1.54, 1.807) is 0 Å². The second kappa shape index (κ2) is 10.1. The first kappa shape index (κ1) is 25.6. The number of halogens is 1. The van der Waals surface area contributed by atoms with Crippen molar-refractivity contribution >= 4 is 33.4 Å². The quantitative estimate of drug-likeness (QED) is 0.137. The molecule has 5 aromatic rings. The predicted molar refractivity (Wildman–Crippen MR) is 176 cm³/mol. The lowest BCUT2D eigenvalue weighted by Crippen LogP contribution is -2.28. The molecule has 0 heterocycles. The minimum absolute atomic E-state index is 0.487. The highest BCUT2D eigenvalue weighted by atomic mass is 127. The molecule has 0 saturated heterocycles. The van der Waals surface area contributed by atoms with Crippen molar-refractivity contribution < 1.29 is 0 Å². The highest BCUT2D eigenvalue weighted by Gasteiger charge is 2.46. The molecule has 0 fully saturated rings. The molecule has 0 aromatic heterocycles. The summed E-state index contributed by atoms with van der Waals surface area (Å²) in [5, 5.41) is 2.57. The first-order valence-corrected chi connectivity index (χ1v) is 14.5. The van der Waals surface area contributed by atoms with Crippen LogP contribution in [0.5, 0.6) is 0 Å². The molecule has 1 aliphatic carbocycles. The summed E-state index contributed by atoms with van der Waals surface area (Å²) in [5.74, 6) is 0. The molecule has 0 saturated carbocycles. The standard InChI is InChI=1S/C38H31I/c1-5-25(2)17-20-27(4)38(28-21-18-26(3)19-22-28)34-15-9-8-13-33(34)37-32(14-10-16-35(37)38)30-23-24-36(39)31-12-7-6-11-29(30)31/h5-24H,4H2,1-3H3/b20-17-,25-5-. The molecule has 1 aliphatic rings. The third-order valence-corrected chi connectivity index (χ3v) is 9.14. The van der Waals surface area contributed by atoms with Gasteiger partial charge in [-0.25, -0.2) is 0 Å². The molecule has 1 atom stereocenters. The summed E-state index contributed by atoms with van der Waals surface area (Å²) in [6, 6.07) is 38.1. The SMILES string of the molecule is C=C(/C=C\C(C)=C/C)C1(c2ccc(C)cc2)c2ccccc2-c2c(-c3ccc(I)c4ccccc34)cccc21. The van der Waals surface area contributed by atoms with Crippen LogP contribution in [0, 0.1) is 10.5 Å². The lowest BCUT2D eigenvalue weighted by molar-refractivity contribution is 0.770. The molecule has 1 heteroatoms. The summed E-state index contributed by atoms with van der Waals surface area (Å²) >= 11 is 2.45. The third kappa shape index (κ3) is 4.03. The van der Waals surface area contributed by atoms with E-state index in [0.717, 1.165) is 5.57 Å². The van der Waals surface area contributed by atoms with E-state index in [4.69, 9.17) is 6.58 Å². The first-order chi connectivity index (χ1) is 19.0. The number of allylic oxidation sites excluding steroid dienone is 5. The van der Waals surface area contributed by atoms with Gasteiger partial charge >= 0.3 is 0 Å². The molecule has 0 bridgehead atoms. The smallest absolute Gasteiger partial charge is 0.0708 e. The Morgan fingerprint density at radius 2 is 1.36 bits per heavy atom. The van der Waals surface area contributed by atoms with Gasteiger partial charge in [0.2, 0.25) is 0 Å². The molecular weight excluding hydrogens is 583 g/mol. The van der Waals surface area contributed by atoms with Crippen molar-refractivity contribution in [1.29, 1.82) is 0 Å². The van der Waals surface area contributed by atoms with E-state index in [1.807, 2.05) is 0 Å². The Bertz CT molecular complexity index is 1800. The monoisotopic (exact) mass is 614 g/mol. The second-order valence-corrected chi connectivity index (χ2v) is 11.6. The van der Waals surface area contributed by atoms with Crippen LogP contribution in [-0.4, -0.2) is 0 Å². The maximum absolute atomic E-state index is 4.76. The molecule has 39 heavy (non-hydrogen) atoms. The summed E-state index contributed by atoms with van der Waals surface area (Å²) < 4.78 is 1.27. The number of hydrogen-bond acceptors (Lipinski definition) is 0. The summed E-state index contributed by atoms with van der Waals surface area (Å²) in [4.78, 5) is 0. The molecule has 0 nitrogen and oxygen atoms in total. The van der Waals surface area contributed by atoms with Crippen LogP contribution in [0.15, 0.2) is 139 Å². The van der Waals surface area contributed by atoms with Gasteiger partial charge in [0.25, 0.3) is 0 Å². The van der Waals surface area contributed by atoms with Gasteiger partial charge in [-0.05, 0) is 105 Å². The van der Waals surface area contributed by atoms with E-state index in [2.05, 4.69) is 165 Å². The van der Waals surface area contributed by atoms with Gasteiger partial charge in [-0.3, -0.25) is 0 Å². The van der Waals surface area contributed by atoms with Gasteiger partial charge in [0.1, 0.15) is 0 Å². The van der Waals surface area contributed by atoms with Crippen LogP contribution in [-0.2, 0) is 5.41 Å². The van der Waals surface area contributed by atoms with Gasteiger partial charge < -0.3 is 0 Å². The second-order valence-electron chi connectivity index (χ2n) is 10.4. The number of aryl methyl sites for hydroxylation is 1. The minimum atomic E-state index is -0.487. The molecule has 0 spiro atoms. The van der Waals surface area contributed by atoms with Crippen molar-refractivity contribution in [2.75, 3.05) is 0 Å². The van der Waals surface area contributed by atoms with E-state index in [-0.39, 0.29) is 0 Å². The van der Waals surface area contributed by atoms with Crippen LogP contribution in [0.3, 0.4) is 0 Å². The summed E-state index contributed by atoms with van der Waals surface area (Å²) in [5.41, 5.74) is 12.0. The summed E-state index contributed by atoms with van der Waals surface area (Å²) in [6.07, 6.45) is 6.54. The highest BCUT2D eigenvalue weighted by Crippen LogP contribution is 2.58. The van der Waals surface area contributed by atoms with Gasteiger partial charge in [-0.1, -0.05) is 133 Å². The molecule has 0 radical (unpaired) electrons. The van der Waals surface area contributed by atoms with Crippen molar-refractivity contribution in [1.82, 2.24) is 0 Å². The lowest BCUT2D eigenvalue weighted by Gasteiger charge is -2.34. The van der Waals surface area contributed by atoms with Gasteiger partial charge in [0.15, 0.2) is 0 Å². The Kier molecular flexibility index (Phi) is 6.64. The van der Waals surface area contributed by atoms with Crippen LogP contribution >= 0.6 is 22.6 Å². The number of benzene rings is 5. The summed E-state index contributed by atoms with van der Waals surface area (Å²) in [6.45, 7) is 11.1. The van der Waals surface area contributed by atoms with Crippen LogP contribution in [0.25, 0.3) is 33.0 Å². The molecule has 6 rings (SSSR count). The maximum Gasteiger partial charge on any atom is 0.0708 e. The van der Waals surface area contributed by atoms with Crippen molar-refractivity contribution in [3.63, 3.8) is 0 Å². The Morgan fingerprint density at radius 3 is 2.13 bits per heavy atom. The molecule has 5 aromatic carbocycles. The zero-order valence-electron chi connectivity index (χ0n) is 22.6. The molecule has 0 amide bonds. The lowest BCUT2D eigenvalue weighted by atomic mass is 9.67. The fourth-order valence-electron chi connectivity index (χ4n) is 6.15. The van der Waals surface area contributed by atoms with E-state index in [9.17, 15) is 0 Å². The minimum Gasteiger partial charge on any atom is -0.0942 e. The van der Waals surface area contributed by atoms with E-state index in [0.29, 0.717) is 0 Å². The Morgan fingerprint density at radius 1 is 0.692 bits per heavy atom. The Balaban J connectivity index is 1.72. The third-order valence-electron chi connectivity index (χ3n) is 8.20. The zero-order valence-corrected chi connectivity index (χ0v) is 24.8. The maximum atomic E-state index is 4.76. The normalized spacial score (nSPS) is 16.5. The fraction of sp³-hybridized carbons (Fsp3) is 0.105. The van der Waals surface area contributed by atoms with E-state index in [1.165, 1.54) is 64.4 Å². The fourth-order valence-corrected chi connectivity index (χ4v) is 6.80. The number of fused-ring (bicyclic) bond motifs is 4. The summed E-state index contributed by atoms with van der Waals surface area (Å²) in [7, 11) is 0. The topological polar surface area (TPSA) is 0 Å². The number of hydrogen-bond donors (Lipinski definition) is 0. The van der Waals surface area contributed by atoms with Gasteiger partial charge in [0.05, 0.1) is 5.41 Å². The van der Waals surface area contributed by atoms with E-state index < -0.39 is 5.41 Å². The van der Waals surface area contributed by atoms with Gasteiger partial charge in [0, 0.05) is 3.57 Å². The van der Waals surface area contributed by atoms with Crippen molar-refractivity contribution in [2.45, 2.75) is 26.2 Å². The molecule has 0 N–H and O–H groups in total. The molecule has 190 valence electrons.